The van der Waals surface area contributed by atoms with Gasteiger partial charge in [0.15, 0.2) is 0 Å². The molecule has 1 aliphatic heterocycles. The summed E-state index contributed by atoms with van der Waals surface area (Å²) >= 11 is 0. The van der Waals surface area contributed by atoms with Gasteiger partial charge in [-0.15, -0.1) is 0 Å². The highest BCUT2D eigenvalue weighted by Crippen LogP contribution is 2.36. The summed E-state index contributed by atoms with van der Waals surface area (Å²) < 4.78 is 43.0. The molecule has 146 valence electrons. The molecule has 0 spiro atoms. The van der Waals surface area contributed by atoms with Gasteiger partial charge in [-0.25, -0.2) is 8.42 Å². The summed E-state index contributed by atoms with van der Waals surface area (Å²) in [5, 5.41) is 3.99. The molecule has 0 amide bonds. The number of rotatable bonds is 6. The Bertz CT molecular complexity index is 1080. The Morgan fingerprint density at radius 3 is 2.50 bits per heavy atom. The van der Waals surface area contributed by atoms with E-state index in [1.54, 1.807) is 12.1 Å². The summed E-state index contributed by atoms with van der Waals surface area (Å²) in [4.78, 5) is 4.48. The summed E-state index contributed by atoms with van der Waals surface area (Å²) in [6.07, 6.45) is 0. The van der Waals surface area contributed by atoms with E-state index in [-0.39, 0.29) is 29.7 Å². The van der Waals surface area contributed by atoms with Gasteiger partial charge in [0.2, 0.25) is 21.7 Å². The molecule has 0 unspecified atom stereocenters. The molecule has 1 fully saturated rings. The minimum absolute atomic E-state index is 0.0725. The van der Waals surface area contributed by atoms with Crippen LogP contribution in [0.4, 0.5) is 0 Å². The monoisotopic (exact) mass is 401 g/mol. The highest BCUT2D eigenvalue weighted by Gasteiger charge is 2.41. The Morgan fingerprint density at radius 1 is 1.07 bits per heavy atom. The number of methoxy groups -OCH3 is 2. The topological polar surface area (TPSA) is 94.8 Å². The molecule has 0 N–H and O–H groups in total. The van der Waals surface area contributed by atoms with Crippen molar-refractivity contribution in [1.29, 1.82) is 0 Å². The third-order valence-corrected chi connectivity index (χ3v) is 6.51. The highest BCUT2D eigenvalue weighted by molar-refractivity contribution is 7.89. The van der Waals surface area contributed by atoms with E-state index in [1.165, 1.54) is 24.6 Å². The van der Waals surface area contributed by atoms with E-state index in [4.69, 9.17) is 14.0 Å². The van der Waals surface area contributed by atoms with Crippen molar-refractivity contribution in [2.24, 2.45) is 0 Å². The van der Waals surface area contributed by atoms with Gasteiger partial charge in [-0.3, -0.25) is 0 Å². The number of ether oxygens (including phenoxy) is 2. The molecule has 1 aromatic heterocycles. The van der Waals surface area contributed by atoms with Crippen LogP contribution in [0.5, 0.6) is 11.5 Å². The van der Waals surface area contributed by atoms with Crippen molar-refractivity contribution in [2.45, 2.75) is 10.8 Å². The van der Waals surface area contributed by atoms with E-state index in [1.807, 2.05) is 30.3 Å². The van der Waals surface area contributed by atoms with Crippen LogP contribution in [0.25, 0.3) is 11.4 Å². The number of nitrogens with zero attached hydrogens (tertiary/aromatic N) is 3. The van der Waals surface area contributed by atoms with Crippen LogP contribution in [0, 0.1) is 0 Å². The number of benzene rings is 2. The SMILES string of the molecule is COc1ccc(OC)c(S(=O)(=O)N2CC(c3nc(-c4ccccc4)no3)C2)c1. The molecule has 28 heavy (non-hydrogen) atoms. The molecular weight excluding hydrogens is 382 g/mol. The number of sulfonamides is 1. The molecule has 0 bridgehead atoms. The lowest BCUT2D eigenvalue weighted by atomic mass is 10.0. The summed E-state index contributed by atoms with van der Waals surface area (Å²) in [7, 11) is -0.808. The van der Waals surface area contributed by atoms with Gasteiger partial charge in [0.25, 0.3) is 0 Å². The third kappa shape index (κ3) is 3.23. The Kier molecular flexibility index (Phi) is 4.78. The summed E-state index contributed by atoms with van der Waals surface area (Å²) in [5.41, 5.74) is 0.849. The second kappa shape index (κ2) is 7.25. The van der Waals surface area contributed by atoms with Crippen LogP contribution >= 0.6 is 0 Å². The molecule has 0 radical (unpaired) electrons. The molecule has 0 aliphatic carbocycles. The van der Waals surface area contributed by atoms with Crippen LogP contribution in [-0.2, 0) is 10.0 Å². The second-order valence-corrected chi connectivity index (χ2v) is 8.26. The average molecular weight is 401 g/mol. The molecule has 1 saturated heterocycles. The molecule has 9 heteroatoms. The molecule has 0 atom stereocenters. The van der Waals surface area contributed by atoms with Crippen molar-refractivity contribution in [3.63, 3.8) is 0 Å². The van der Waals surface area contributed by atoms with Gasteiger partial charge in [-0.1, -0.05) is 35.5 Å². The van der Waals surface area contributed by atoms with E-state index >= 15 is 0 Å². The zero-order valence-electron chi connectivity index (χ0n) is 15.4. The Labute approximate surface area is 162 Å². The minimum Gasteiger partial charge on any atom is -0.497 e. The van der Waals surface area contributed by atoms with Crippen molar-refractivity contribution in [3.8, 4) is 22.9 Å². The van der Waals surface area contributed by atoms with E-state index in [0.717, 1.165) is 5.56 Å². The number of aromatic nitrogens is 2. The van der Waals surface area contributed by atoms with Crippen LogP contribution in [0.1, 0.15) is 11.8 Å². The highest BCUT2D eigenvalue weighted by atomic mass is 32.2. The maximum absolute atomic E-state index is 13.0. The van der Waals surface area contributed by atoms with Gasteiger partial charge in [-0.05, 0) is 12.1 Å². The molecule has 8 nitrogen and oxygen atoms in total. The first kappa shape index (κ1) is 18.5. The maximum atomic E-state index is 13.0. The normalized spacial score (nSPS) is 15.2. The molecule has 1 aliphatic rings. The summed E-state index contributed by atoms with van der Waals surface area (Å²) in [6, 6.07) is 14.2. The fourth-order valence-electron chi connectivity index (χ4n) is 3.02. The Morgan fingerprint density at radius 2 is 1.82 bits per heavy atom. The predicted octanol–water partition coefficient (Wildman–Crippen LogP) is 2.54. The number of hydrogen-bond donors (Lipinski definition) is 0. The maximum Gasteiger partial charge on any atom is 0.246 e. The van der Waals surface area contributed by atoms with Gasteiger partial charge in [0, 0.05) is 24.7 Å². The quantitative estimate of drug-likeness (QED) is 0.626. The van der Waals surface area contributed by atoms with E-state index in [2.05, 4.69) is 10.1 Å². The first-order valence-corrected chi connectivity index (χ1v) is 10.1. The van der Waals surface area contributed by atoms with Gasteiger partial charge in [0.1, 0.15) is 16.4 Å². The third-order valence-electron chi connectivity index (χ3n) is 4.66. The lowest BCUT2D eigenvalue weighted by Gasteiger charge is -2.36. The van der Waals surface area contributed by atoms with Crippen molar-refractivity contribution in [3.05, 3.63) is 54.4 Å². The summed E-state index contributed by atoms with van der Waals surface area (Å²) in [6.45, 7) is 0.526. The first-order valence-electron chi connectivity index (χ1n) is 8.64. The second-order valence-electron chi connectivity index (χ2n) is 6.36. The van der Waals surface area contributed by atoms with Gasteiger partial charge in [-0.2, -0.15) is 9.29 Å². The molecule has 2 heterocycles. The Hall–Kier alpha value is -2.91. The van der Waals surface area contributed by atoms with Gasteiger partial charge < -0.3 is 14.0 Å². The van der Waals surface area contributed by atoms with Crippen LogP contribution < -0.4 is 9.47 Å². The predicted molar refractivity (Wildman–Crippen MR) is 101 cm³/mol. The lowest BCUT2D eigenvalue weighted by molar-refractivity contribution is 0.216. The molecule has 2 aromatic carbocycles. The number of hydrogen-bond acceptors (Lipinski definition) is 7. The lowest BCUT2D eigenvalue weighted by Crippen LogP contribution is -2.48. The van der Waals surface area contributed by atoms with Crippen LogP contribution in [0.15, 0.2) is 57.9 Å². The van der Waals surface area contributed by atoms with Crippen LogP contribution in [0.3, 0.4) is 0 Å². The van der Waals surface area contributed by atoms with Crippen molar-refractivity contribution < 1.29 is 22.4 Å². The van der Waals surface area contributed by atoms with Gasteiger partial charge >= 0.3 is 0 Å². The fraction of sp³-hybridized carbons (Fsp3) is 0.263. The van der Waals surface area contributed by atoms with Crippen molar-refractivity contribution in [2.75, 3.05) is 27.3 Å². The zero-order valence-corrected chi connectivity index (χ0v) is 16.2. The van der Waals surface area contributed by atoms with E-state index in [9.17, 15) is 8.42 Å². The standard InChI is InChI=1S/C19H19N3O5S/c1-25-15-8-9-16(26-2)17(10-15)28(23,24)22-11-14(12-22)19-20-18(21-27-19)13-6-4-3-5-7-13/h3-10,14H,11-12H2,1-2H3. The molecule has 4 rings (SSSR count). The van der Waals surface area contributed by atoms with Gasteiger partial charge in [0.05, 0.1) is 20.1 Å². The zero-order chi connectivity index (χ0) is 19.7. The van der Waals surface area contributed by atoms with Crippen molar-refractivity contribution in [1.82, 2.24) is 14.4 Å². The van der Waals surface area contributed by atoms with Crippen molar-refractivity contribution >= 4 is 10.0 Å². The van der Waals surface area contributed by atoms with Crippen LogP contribution in [-0.4, -0.2) is 50.2 Å². The first-order chi connectivity index (χ1) is 13.5. The minimum atomic E-state index is -3.73. The van der Waals surface area contributed by atoms with E-state index < -0.39 is 10.0 Å². The Balaban J connectivity index is 1.52. The summed E-state index contributed by atoms with van der Waals surface area (Å²) in [5.74, 6) is 1.50. The van der Waals surface area contributed by atoms with E-state index in [0.29, 0.717) is 17.5 Å². The molecule has 0 saturated carbocycles. The largest absolute Gasteiger partial charge is 0.497 e. The molecule has 3 aromatic rings. The fourth-order valence-corrected chi connectivity index (χ4v) is 4.72. The average Bonchev–Trinajstić information content (AvgIpc) is 3.16. The van der Waals surface area contributed by atoms with Crippen LogP contribution in [0.2, 0.25) is 0 Å². The smallest absolute Gasteiger partial charge is 0.246 e. The molecular formula is C19H19N3O5S.